The van der Waals surface area contributed by atoms with E-state index in [0.29, 0.717) is 43.5 Å². The molecule has 0 unspecified atom stereocenters. The van der Waals surface area contributed by atoms with Crippen LogP contribution < -0.4 is 20.2 Å². The van der Waals surface area contributed by atoms with Gasteiger partial charge in [-0.05, 0) is 62.2 Å². The lowest BCUT2D eigenvalue weighted by molar-refractivity contribution is -0.158. The van der Waals surface area contributed by atoms with Gasteiger partial charge in [0.05, 0.1) is 5.69 Å². The van der Waals surface area contributed by atoms with Crippen molar-refractivity contribution in [1.82, 2.24) is 20.2 Å². The fourth-order valence-corrected chi connectivity index (χ4v) is 4.17. The zero-order valence-corrected chi connectivity index (χ0v) is 20.5. The van der Waals surface area contributed by atoms with Gasteiger partial charge in [0, 0.05) is 37.6 Å². The van der Waals surface area contributed by atoms with E-state index < -0.39 is 12.0 Å². The molecule has 0 bridgehead atoms. The smallest absolute Gasteiger partial charge is 0.394 e. The van der Waals surface area contributed by atoms with Crippen molar-refractivity contribution in [3.05, 3.63) is 64.0 Å². The number of hydrogen-bond donors (Lipinski definition) is 2. The van der Waals surface area contributed by atoms with E-state index in [9.17, 15) is 18.4 Å². The van der Waals surface area contributed by atoms with Gasteiger partial charge in [-0.15, -0.1) is 11.3 Å². The van der Waals surface area contributed by atoms with Crippen molar-refractivity contribution in [2.75, 3.05) is 13.1 Å². The molecule has 0 fully saturated rings. The van der Waals surface area contributed by atoms with Crippen LogP contribution in [0.1, 0.15) is 36.5 Å². The summed E-state index contributed by atoms with van der Waals surface area (Å²) in [5.74, 6) is -0.426. The number of nitrogens with zero attached hydrogens (tertiary/aromatic N) is 3. The van der Waals surface area contributed by atoms with Gasteiger partial charge < -0.3 is 19.9 Å². The third kappa shape index (κ3) is 7.71. The summed E-state index contributed by atoms with van der Waals surface area (Å²) in [5.41, 5.74) is 2.45. The maximum Gasteiger partial charge on any atom is 0.394 e. The van der Waals surface area contributed by atoms with Crippen LogP contribution in [0.3, 0.4) is 0 Å². The summed E-state index contributed by atoms with van der Waals surface area (Å²) in [4.78, 5) is 33.4. The number of halogens is 2. The number of thiazole rings is 1. The first kappa shape index (κ1) is 26.0. The summed E-state index contributed by atoms with van der Waals surface area (Å²) in [7, 11) is 0. The lowest BCUT2D eigenvalue weighted by Crippen LogP contribution is -2.36. The van der Waals surface area contributed by atoms with Crippen molar-refractivity contribution < 1.29 is 23.1 Å². The first-order chi connectivity index (χ1) is 16.7. The zero-order chi connectivity index (χ0) is 25.4. The second kappa shape index (κ2) is 11.7. The van der Waals surface area contributed by atoms with Gasteiger partial charge in [0.15, 0.2) is 4.80 Å². The molecule has 35 heavy (non-hydrogen) atoms. The van der Waals surface area contributed by atoms with Gasteiger partial charge >= 0.3 is 12.1 Å². The molecular formula is C24H27F2N5O3S. The van der Waals surface area contributed by atoms with Crippen molar-refractivity contribution in [3.8, 4) is 17.0 Å². The number of amides is 3. The third-order valence-electron chi connectivity index (χ3n) is 4.73. The number of carbonyl (C=O) groups excluding carboxylic acids is 2. The van der Waals surface area contributed by atoms with Crippen LogP contribution in [-0.4, -0.2) is 40.7 Å². The second-order valence-electron chi connectivity index (χ2n) is 7.71. The Bertz CT molecular complexity index is 1230. The average Bonchev–Trinajstić information content (AvgIpc) is 3.18. The highest BCUT2D eigenvalue weighted by Crippen LogP contribution is 2.26. The molecule has 0 aliphatic heterocycles. The molecule has 0 saturated heterocycles. The highest BCUT2D eigenvalue weighted by atomic mass is 32.1. The van der Waals surface area contributed by atoms with Crippen LogP contribution in [0.2, 0.25) is 0 Å². The quantitative estimate of drug-likeness (QED) is 0.424. The molecule has 2 aromatic heterocycles. The second-order valence-corrected chi connectivity index (χ2v) is 8.55. The maximum absolute atomic E-state index is 13.2. The monoisotopic (exact) mass is 503 g/mol. The third-order valence-corrected chi connectivity index (χ3v) is 5.59. The summed E-state index contributed by atoms with van der Waals surface area (Å²) in [6.07, 6.45) is -2.70. The van der Waals surface area contributed by atoms with Gasteiger partial charge in [-0.3, -0.25) is 4.79 Å². The number of aromatic nitrogens is 2. The van der Waals surface area contributed by atoms with Crippen molar-refractivity contribution in [1.29, 1.82) is 0 Å². The van der Waals surface area contributed by atoms with Crippen LogP contribution in [0.4, 0.5) is 13.6 Å². The summed E-state index contributed by atoms with van der Waals surface area (Å²) >= 11 is 1.28. The van der Waals surface area contributed by atoms with Gasteiger partial charge in [0.25, 0.3) is 5.91 Å². The molecular weight excluding hydrogens is 476 g/mol. The minimum atomic E-state index is -3.28. The Hall–Kier alpha value is -3.60. The van der Waals surface area contributed by atoms with Crippen molar-refractivity contribution in [2.24, 2.45) is 4.99 Å². The Labute approximate surface area is 205 Å². The number of ether oxygens (including phenoxy) is 1. The highest BCUT2D eigenvalue weighted by Gasteiger charge is 2.23. The normalized spacial score (nSPS) is 11.9. The molecule has 11 heteroatoms. The van der Waals surface area contributed by atoms with Gasteiger partial charge in [0.2, 0.25) is 0 Å². The van der Waals surface area contributed by atoms with Gasteiger partial charge in [0.1, 0.15) is 11.4 Å². The Kier molecular flexibility index (Phi) is 8.69. The van der Waals surface area contributed by atoms with E-state index in [1.54, 1.807) is 37.3 Å². The van der Waals surface area contributed by atoms with E-state index in [-0.39, 0.29) is 17.5 Å². The topological polar surface area (TPSA) is 97.6 Å². The molecule has 0 spiro atoms. The average molecular weight is 504 g/mol. The number of urea groups is 1. The van der Waals surface area contributed by atoms with Gasteiger partial charge in [-0.2, -0.15) is 13.8 Å². The number of pyridine rings is 1. The van der Waals surface area contributed by atoms with E-state index in [1.165, 1.54) is 23.5 Å². The zero-order valence-electron chi connectivity index (χ0n) is 19.7. The number of hydrogen-bond acceptors (Lipinski definition) is 5. The number of rotatable bonds is 9. The fourth-order valence-electron chi connectivity index (χ4n) is 3.23. The molecule has 1 aromatic carbocycles. The maximum atomic E-state index is 13.2. The predicted molar refractivity (Wildman–Crippen MR) is 130 cm³/mol. The van der Waals surface area contributed by atoms with Crippen LogP contribution in [0.5, 0.6) is 5.75 Å². The number of alkyl halides is 2. The molecule has 2 N–H and O–H groups in total. The molecule has 3 aromatic rings. The van der Waals surface area contributed by atoms with Crippen molar-refractivity contribution >= 4 is 23.3 Å². The molecule has 0 aliphatic carbocycles. The molecule has 3 rings (SSSR count). The number of carbonyl (C=O) groups is 2. The lowest BCUT2D eigenvalue weighted by atomic mass is 10.1. The molecule has 0 saturated carbocycles. The molecule has 0 aliphatic rings. The molecule has 0 atom stereocenters. The minimum absolute atomic E-state index is 0.0415. The summed E-state index contributed by atoms with van der Waals surface area (Å²) in [5, 5.41) is 7.28. The predicted octanol–water partition coefficient (Wildman–Crippen LogP) is 4.36. The number of benzene rings is 1. The summed E-state index contributed by atoms with van der Waals surface area (Å²) in [6, 6.07) is 11.2. The SMILES string of the molecule is CCNC(=O)NCCCn1c(-c2ccc(OC(C)(F)F)cc2)csc1=NC(=O)c1cccc(C)n1. The Balaban J connectivity index is 1.89. The van der Waals surface area contributed by atoms with Crippen LogP contribution in [0, 0.1) is 6.92 Å². The van der Waals surface area contributed by atoms with E-state index in [0.717, 1.165) is 11.3 Å². The lowest BCUT2D eigenvalue weighted by Gasteiger charge is -2.14. The Morgan fingerprint density at radius 3 is 2.57 bits per heavy atom. The molecule has 3 amide bonds. The molecule has 186 valence electrons. The van der Waals surface area contributed by atoms with E-state index >= 15 is 0 Å². The summed E-state index contributed by atoms with van der Waals surface area (Å²) < 4.78 is 32.8. The Morgan fingerprint density at radius 1 is 1.17 bits per heavy atom. The van der Waals surface area contributed by atoms with Crippen LogP contribution >= 0.6 is 11.3 Å². The van der Waals surface area contributed by atoms with Crippen LogP contribution in [0.25, 0.3) is 11.3 Å². The number of aryl methyl sites for hydroxylation is 1. The number of nitrogens with one attached hydrogen (secondary N) is 2. The standard InChI is InChI=1S/C24H27F2N5O3S/c1-4-27-22(33)28-13-6-14-31-20(17-9-11-18(12-10-17)34-24(3,25)26)15-35-23(31)30-21(32)19-8-5-7-16(2)29-19/h5,7-12,15H,4,6,13-14H2,1-3H3,(H2,27,28,33). The van der Waals surface area contributed by atoms with Crippen LogP contribution in [0.15, 0.2) is 52.8 Å². The van der Waals surface area contributed by atoms with Crippen molar-refractivity contribution in [3.63, 3.8) is 0 Å². The van der Waals surface area contributed by atoms with E-state index in [1.807, 2.05) is 16.9 Å². The fraction of sp³-hybridized carbons (Fsp3) is 0.333. The molecule has 2 heterocycles. The highest BCUT2D eigenvalue weighted by molar-refractivity contribution is 7.07. The van der Waals surface area contributed by atoms with Crippen LogP contribution in [-0.2, 0) is 6.54 Å². The molecule has 0 radical (unpaired) electrons. The largest absolute Gasteiger partial charge is 0.433 e. The van der Waals surface area contributed by atoms with Crippen molar-refractivity contribution in [2.45, 2.75) is 39.8 Å². The molecule has 8 nitrogen and oxygen atoms in total. The first-order valence-electron chi connectivity index (χ1n) is 11.1. The minimum Gasteiger partial charge on any atom is -0.433 e. The van der Waals surface area contributed by atoms with E-state index in [2.05, 4.69) is 25.3 Å². The Morgan fingerprint density at radius 2 is 1.91 bits per heavy atom. The first-order valence-corrected chi connectivity index (χ1v) is 11.9. The van der Waals surface area contributed by atoms with Gasteiger partial charge in [-0.1, -0.05) is 6.07 Å². The summed E-state index contributed by atoms with van der Waals surface area (Å²) in [6.45, 7) is 5.71. The van der Waals surface area contributed by atoms with Gasteiger partial charge in [-0.25, -0.2) is 9.78 Å². The van der Waals surface area contributed by atoms with E-state index in [4.69, 9.17) is 0 Å².